The van der Waals surface area contributed by atoms with Crippen molar-refractivity contribution >= 4 is 40.7 Å². The number of halogens is 2. The number of methoxy groups -OCH3 is 1. The Morgan fingerprint density at radius 1 is 1.04 bits per heavy atom. The Morgan fingerprint density at radius 2 is 1.63 bits per heavy atom. The summed E-state index contributed by atoms with van der Waals surface area (Å²) in [4.78, 5) is 15.7. The fourth-order valence-corrected chi connectivity index (χ4v) is 3.65. The minimum atomic E-state index is -0.355. The highest BCUT2D eigenvalue weighted by Gasteiger charge is 2.24. The molecule has 1 N–H and O–H groups in total. The minimum absolute atomic E-state index is 0.355. The molecule has 0 aromatic heterocycles. The summed E-state index contributed by atoms with van der Waals surface area (Å²) in [5, 5.41) is 13.9. The molecule has 1 saturated heterocycles. The van der Waals surface area contributed by atoms with Gasteiger partial charge >= 0.3 is 5.97 Å². The van der Waals surface area contributed by atoms with Gasteiger partial charge in [0.25, 0.3) is 0 Å². The number of piperazine rings is 1. The molecule has 1 fully saturated rings. The molecule has 2 aromatic rings. The summed E-state index contributed by atoms with van der Waals surface area (Å²) in [6.45, 7) is 2.72. The Bertz CT molecular complexity index is 828. The molecule has 0 radical (unpaired) electrons. The van der Waals surface area contributed by atoms with Gasteiger partial charge in [0, 0.05) is 31.9 Å². The molecule has 1 heterocycles. The van der Waals surface area contributed by atoms with Crippen LogP contribution >= 0.6 is 23.2 Å². The Labute approximate surface area is 167 Å². The fraction of sp³-hybridized carbons (Fsp3) is 0.263. The maximum absolute atomic E-state index is 11.5. The number of benzene rings is 2. The largest absolute Gasteiger partial charge is 0.465 e. The molecule has 142 valence electrons. The third-order valence-electron chi connectivity index (χ3n) is 4.51. The van der Waals surface area contributed by atoms with Crippen LogP contribution in [0.5, 0.6) is 0 Å². The minimum Gasteiger partial charge on any atom is -0.465 e. The lowest BCUT2D eigenvalue weighted by Crippen LogP contribution is -2.49. The number of carbonyl (C=O) groups excluding carboxylic acids is 1. The number of carbonyl (C=O) groups is 1. The van der Waals surface area contributed by atoms with E-state index in [0.717, 1.165) is 18.8 Å². The van der Waals surface area contributed by atoms with Crippen molar-refractivity contribution < 1.29 is 14.7 Å². The highest BCUT2D eigenvalue weighted by atomic mass is 35.5. The molecular formula is C19H19Cl2N3O3. The quantitative estimate of drug-likeness (QED) is 0.276. The number of amidine groups is 1. The monoisotopic (exact) mass is 407 g/mol. The van der Waals surface area contributed by atoms with E-state index < -0.39 is 0 Å². The molecular weight excluding hydrogens is 389 g/mol. The van der Waals surface area contributed by atoms with Crippen LogP contribution in [0.3, 0.4) is 0 Å². The molecule has 1 aliphatic rings. The van der Waals surface area contributed by atoms with E-state index in [0.29, 0.717) is 40.1 Å². The van der Waals surface area contributed by atoms with Gasteiger partial charge in [0.15, 0.2) is 5.84 Å². The second-order valence-corrected chi connectivity index (χ2v) is 6.85. The topological polar surface area (TPSA) is 65.4 Å². The van der Waals surface area contributed by atoms with Gasteiger partial charge in [-0.2, -0.15) is 0 Å². The van der Waals surface area contributed by atoms with Crippen LogP contribution < -0.4 is 4.90 Å². The van der Waals surface area contributed by atoms with Gasteiger partial charge in [0.2, 0.25) is 0 Å². The summed E-state index contributed by atoms with van der Waals surface area (Å²) in [7, 11) is 1.36. The first kappa shape index (κ1) is 19.3. The van der Waals surface area contributed by atoms with Crippen molar-refractivity contribution in [2.45, 2.75) is 0 Å². The van der Waals surface area contributed by atoms with Crippen molar-refractivity contribution in [2.24, 2.45) is 5.16 Å². The van der Waals surface area contributed by atoms with E-state index in [1.807, 2.05) is 17.0 Å². The first-order valence-electron chi connectivity index (χ1n) is 8.40. The van der Waals surface area contributed by atoms with Crippen molar-refractivity contribution in [2.75, 3.05) is 38.2 Å². The standard InChI is InChI=1S/C19H19Cl2N3O3/c1-27-19(25)13-5-7-14(8-6-13)23-9-11-24(12-10-23)18(22-26)17-15(20)3-2-4-16(17)21/h2-8,26H,9-12H2,1H3. The molecule has 27 heavy (non-hydrogen) atoms. The normalized spacial score (nSPS) is 15.0. The van der Waals surface area contributed by atoms with Gasteiger partial charge in [-0.25, -0.2) is 4.79 Å². The lowest BCUT2D eigenvalue weighted by atomic mass is 10.1. The van der Waals surface area contributed by atoms with Crippen molar-refractivity contribution in [3.63, 3.8) is 0 Å². The van der Waals surface area contributed by atoms with Crippen molar-refractivity contribution in [1.29, 1.82) is 0 Å². The molecule has 6 nitrogen and oxygen atoms in total. The lowest BCUT2D eigenvalue weighted by Gasteiger charge is -2.37. The molecule has 0 aliphatic carbocycles. The maximum atomic E-state index is 11.5. The van der Waals surface area contributed by atoms with Crippen molar-refractivity contribution in [3.05, 3.63) is 63.6 Å². The van der Waals surface area contributed by atoms with Gasteiger partial charge in [-0.05, 0) is 36.4 Å². The predicted molar refractivity (Wildman–Crippen MR) is 106 cm³/mol. The number of esters is 1. The summed E-state index contributed by atoms with van der Waals surface area (Å²) in [6, 6.07) is 12.5. The Balaban J connectivity index is 1.70. The SMILES string of the molecule is COC(=O)c1ccc(N2CCN(C(=NO)c3c(Cl)cccc3Cl)CC2)cc1. The zero-order valence-corrected chi connectivity index (χ0v) is 16.2. The number of hydrogen-bond acceptors (Lipinski definition) is 5. The summed E-state index contributed by atoms with van der Waals surface area (Å²) in [5.41, 5.74) is 2.06. The molecule has 0 bridgehead atoms. The van der Waals surface area contributed by atoms with Crippen molar-refractivity contribution in [3.8, 4) is 0 Å². The van der Waals surface area contributed by atoms with E-state index in [1.54, 1.807) is 30.3 Å². The highest BCUT2D eigenvalue weighted by Crippen LogP contribution is 2.27. The number of rotatable bonds is 3. The van der Waals surface area contributed by atoms with Crippen LogP contribution in [0.1, 0.15) is 15.9 Å². The summed E-state index contributed by atoms with van der Waals surface area (Å²) >= 11 is 12.5. The van der Waals surface area contributed by atoms with E-state index in [9.17, 15) is 10.0 Å². The zero-order valence-electron chi connectivity index (χ0n) is 14.7. The zero-order chi connectivity index (χ0) is 19.4. The molecule has 3 rings (SSSR count). The van der Waals surface area contributed by atoms with Gasteiger partial charge in [-0.15, -0.1) is 0 Å². The van der Waals surface area contributed by atoms with E-state index in [-0.39, 0.29) is 5.97 Å². The van der Waals surface area contributed by atoms with Crippen LogP contribution in [0, 0.1) is 0 Å². The summed E-state index contributed by atoms with van der Waals surface area (Å²) < 4.78 is 4.72. The second-order valence-electron chi connectivity index (χ2n) is 6.03. The van der Waals surface area contributed by atoms with Crippen LogP contribution in [-0.4, -0.2) is 55.2 Å². The Morgan fingerprint density at radius 3 is 2.15 bits per heavy atom. The number of anilines is 1. The van der Waals surface area contributed by atoms with Crippen LogP contribution in [0.25, 0.3) is 0 Å². The maximum Gasteiger partial charge on any atom is 0.337 e. The average molecular weight is 408 g/mol. The van der Waals surface area contributed by atoms with Crippen molar-refractivity contribution in [1.82, 2.24) is 4.90 Å². The molecule has 2 aromatic carbocycles. The number of hydrogen-bond donors (Lipinski definition) is 1. The smallest absolute Gasteiger partial charge is 0.337 e. The molecule has 1 aliphatic heterocycles. The van der Waals surface area contributed by atoms with E-state index in [2.05, 4.69) is 10.1 Å². The number of oxime groups is 1. The van der Waals surface area contributed by atoms with Gasteiger partial charge < -0.3 is 19.7 Å². The van der Waals surface area contributed by atoms with Gasteiger partial charge in [-0.3, -0.25) is 0 Å². The molecule has 0 saturated carbocycles. The van der Waals surface area contributed by atoms with Crippen LogP contribution in [0.15, 0.2) is 47.6 Å². The molecule has 0 spiro atoms. The third-order valence-corrected chi connectivity index (χ3v) is 5.14. The fourth-order valence-electron chi connectivity index (χ4n) is 3.09. The van der Waals surface area contributed by atoms with Gasteiger partial charge in [-0.1, -0.05) is 34.4 Å². The first-order chi connectivity index (χ1) is 13.0. The molecule has 0 atom stereocenters. The summed E-state index contributed by atoms with van der Waals surface area (Å²) in [5.74, 6) is 0.0121. The van der Waals surface area contributed by atoms with E-state index in [4.69, 9.17) is 27.9 Å². The Kier molecular flexibility index (Phi) is 6.08. The highest BCUT2D eigenvalue weighted by molar-refractivity contribution is 6.40. The third kappa shape index (κ3) is 4.12. The second kappa shape index (κ2) is 8.50. The first-order valence-corrected chi connectivity index (χ1v) is 9.15. The predicted octanol–water partition coefficient (Wildman–Crippen LogP) is 3.74. The molecule has 0 unspecified atom stereocenters. The summed E-state index contributed by atoms with van der Waals surface area (Å²) in [6.07, 6.45) is 0. The van der Waals surface area contributed by atoms with Crippen LogP contribution in [0.2, 0.25) is 10.0 Å². The van der Waals surface area contributed by atoms with Crippen LogP contribution in [0.4, 0.5) is 5.69 Å². The lowest BCUT2D eigenvalue weighted by molar-refractivity contribution is 0.0601. The van der Waals surface area contributed by atoms with Crippen LogP contribution in [-0.2, 0) is 4.74 Å². The molecule has 0 amide bonds. The average Bonchev–Trinajstić information content (AvgIpc) is 2.70. The number of nitrogens with zero attached hydrogens (tertiary/aromatic N) is 3. The Hall–Kier alpha value is -2.44. The van der Waals surface area contributed by atoms with Gasteiger partial charge in [0.05, 0.1) is 28.3 Å². The van der Waals surface area contributed by atoms with E-state index >= 15 is 0 Å². The van der Waals surface area contributed by atoms with Gasteiger partial charge in [0.1, 0.15) is 0 Å². The number of ether oxygens (including phenoxy) is 1. The molecule has 8 heteroatoms. The van der Waals surface area contributed by atoms with E-state index in [1.165, 1.54) is 7.11 Å².